The van der Waals surface area contributed by atoms with Crippen LogP contribution in [0.1, 0.15) is 6.92 Å². The maximum Gasteiger partial charge on any atom is 0.209 e. The largest absolute Gasteiger partial charge is 0.370 e. The lowest BCUT2D eigenvalue weighted by molar-refractivity contribution is 0.416. The molecular formula is C8H11N5. The van der Waals surface area contributed by atoms with Gasteiger partial charge in [0.1, 0.15) is 12.5 Å². The van der Waals surface area contributed by atoms with Gasteiger partial charge in [0, 0.05) is 24.8 Å². The molecule has 1 atom stereocenters. The van der Waals surface area contributed by atoms with E-state index >= 15 is 0 Å². The van der Waals surface area contributed by atoms with Gasteiger partial charge in [0.15, 0.2) is 0 Å². The van der Waals surface area contributed by atoms with Gasteiger partial charge >= 0.3 is 0 Å². The lowest BCUT2D eigenvalue weighted by Gasteiger charge is -2.22. The molecule has 1 aliphatic rings. The summed E-state index contributed by atoms with van der Waals surface area (Å²) in [6, 6.07) is 0. The van der Waals surface area contributed by atoms with Gasteiger partial charge < -0.3 is 5.32 Å². The van der Waals surface area contributed by atoms with Crippen LogP contribution in [0.3, 0.4) is 0 Å². The third kappa shape index (κ3) is 1.28. The molecular weight excluding hydrogens is 166 g/mol. The highest BCUT2D eigenvalue weighted by Gasteiger charge is 2.18. The van der Waals surface area contributed by atoms with Gasteiger partial charge in [-0.15, -0.1) is 0 Å². The molecule has 2 heterocycles. The fourth-order valence-electron chi connectivity index (χ4n) is 1.24. The molecule has 0 radical (unpaired) electrons. The first-order chi connectivity index (χ1) is 6.29. The maximum absolute atomic E-state index is 7.83. The van der Waals surface area contributed by atoms with Crippen molar-refractivity contribution < 1.29 is 0 Å². The Morgan fingerprint density at radius 3 is 3.00 bits per heavy atom. The molecule has 2 N–H and O–H groups in total. The second-order valence-corrected chi connectivity index (χ2v) is 2.86. The van der Waals surface area contributed by atoms with Crippen LogP contribution in [0.4, 0.5) is 0 Å². The monoisotopic (exact) mass is 177 g/mol. The minimum absolute atomic E-state index is 0.134. The summed E-state index contributed by atoms with van der Waals surface area (Å²) in [5.41, 5.74) is 0. The summed E-state index contributed by atoms with van der Waals surface area (Å²) < 4.78 is 1.66. The Morgan fingerprint density at radius 2 is 2.46 bits per heavy atom. The second kappa shape index (κ2) is 2.93. The number of imidazole rings is 1. The zero-order chi connectivity index (χ0) is 9.26. The molecule has 1 aromatic rings. The standard InChI is InChI=1S/C8H11N5/c1-7-11-3-5-13(7)8(9)12-4-2-10-6-12/h2-7,9,11H,1H3. The zero-order valence-electron chi connectivity index (χ0n) is 7.31. The van der Waals surface area contributed by atoms with E-state index in [4.69, 9.17) is 5.41 Å². The van der Waals surface area contributed by atoms with E-state index < -0.39 is 0 Å². The molecule has 1 aromatic heterocycles. The van der Waals surface area contributed by atoms with Crippen molar-refractivity contribution in [2.24, 2.45) is 0 Å². The summed E-state index contributed by atoms with van der Waals surface area (Å²) in [5.74, 6) is 0.395. The van der Waals surface area contributed by atoms with Crippen molar-refractivity contribution in [3.63, 3.8) is 0 Å². The summed E-state index contributed by atoms with van der Waals surface area (Å²) in [5, 5.41) is 10.9. The Hall–Kier alpha value is -1.78. The van der Waals surface area contributed by atoms with Crippen LogP contribution >= 0.6 is 0 Å². The van der Waals surface area contributed by atoms with E-state index in [2.05, 4.69) is 10.3 Å². The lowest BCUT2D eigenvalue weighted by Crippen LogP contribution is -2.39. The van der Waals surface area contributed by atoms with Gasteiger partial charge in [-0.05, 0) is 6.92 Å². The first-order valence-electron chi connectivity index (χ1n) is 4.07. The number of hydrogen-bond donors (Lipinski definition) is 2. The van der Waals surface area contributed by atoms with Crippen molar-refractivity contribution in [1.82, 2.24) is 19.8 Å². The lowest BCUT2D eigenvalue weighted by atomic mass is 10.5. The highest BCUT2D eigenvalue weighted by Crippen LogP contribution is 2.05. The van der Waals surface area contributed by atoms with Gasteiger partial charge in [-0.3, -0.25) is 14.9 Å². The van der Waals surface area contributed by atoms with Gasteiger partial charge in [0.05, 0.1) is 0 Å². The van der Waals surface area contributed by atoms with Crippen LogP contribution in [0.2, 0.25) is 0 Å². The van der Waals surface area contributed by atoms with Gasteiger partial charge in [-0.25, -0.2) is 4.98 Å². The molecule has 5 heteroatoms. The fourth-order valence-corrected chi connectivity index (χ4v) is 1.24. The normalized spacial score (nSPS) is 20.4. The zero-order valence-corrected chi connectivity index (χ0v) is 7.31. The summed E-state index contributed by atoms with van der Waals surface area (Å²) in [6.45, 7) is 1.99. The number of aromatic nitrogens is 2. The van der Waals surface area contributed by atoms with Crippen molar-refractivity contribution in [3.8, 4) is 0 Å². The molecule has 0 bridgehead atoms. The molecule has 2 rings (SSSR count). The highest BCUT2D eigenvalue weighted by molar-refractivity contribution is 5.80. The van der Waals surface area contributed by atoms with Crippen molar-refractivity contribution in [3.05, 3.63) is 31.1 Å². The van der Waals surface area contributed by atoms with E-state index in [0.717, 1.165) is 0 Å². The maximum atomic E-state index is 7.83. The fraction of sp³-hybridized carbons (Fsp3) is 0.250. The summed E-state index contributed by atoms with van der Waals surface area (Å²) in [4.78, 5) is 5.71. The van der Waals surface area contributed by atoms with E-state index in [1.54, 1.807) is 23.3 Å². The van der Waals surface area contributed by atoms with E-state index in [1.807, 2.05) is 24.2 Å². The van der Waals surface area contributed by atoms with E-state index in [-0.39, 0.29) is 6.17 Å². The van der Waals surface area contributed by atoms with Crippen LogP contribution in [0.25, 0.3) is 0 Å². The van der Waals surface area contributed by atoms with Crippen molar-refractivity contribution in [1.29, 1.82) is 5.41 Å². The molecule has 0 amide bonds. The number of nitrogens with zero attached hydrogens (tertiary/aromatic N) is 3. The van der Waals surface area contributed by atoms with Crippen LogP contribution in [0.5, 0.6) is 0 Å². The van der Waals surface area contributed by atoms with Crippen LogP contribution in [0, 0.1) is 5.41 Å². The van der Waals surface area contributed by atoms with Crippen LogP contribution < -0.4 is 5.32 Å². The van der Waals surface area contributed by atoms with Gasteiger partial charge in [0.25, 0.3) is 0 Å². The molecule has 0 fully saturated rings. The summed E-state index contributed by atoms with van der Waals surface area (Å²) in [6.07, 6.45) is 8.83. The van der Waals surface area contributed by atoms with Gasteiger partial charge in [-0.1, -0.05) is 0 Å². The molecule has 13 heavy (non-hydrogen) atoms. The molecule has 0 spiro atoms. The molecule has 1 unspecified atom stereocenters. The molecule has 68 valence electrons. The molecule has 0 saturated carbocycles. The minimum Gasteiger partial charge on any atom is -0.370 e. The number of hydrogen-bond acceptors (Lipinski definition) is 3. The van der Waals surface area contributed by atoms with Crippen LogP contribution in [0.15, 0.2) is 31.1 Å². The van der Waals surface area contributed by atoms with Crippen LogP contribution in [-0.2, 0) is 0 Å². The summed E-state index contributed by atoms with van der Waals surface area (Å²) >= 11 is 0. The first kappa shape index (κ1) is 7.85. The minimum atomic E-state index is 0.134. The van der Waals surface area contributed by atoms with Gasteiger partial charge in [-0.2, -0.15) is 0 Å². The Balaban J connectivity index is 2.18. The molecule has 1 aliphatic heterocycles. The Morgan fingerprint density at radius 1 is 1.62 bits per heavy atom. The SMILES string of the molecule is CC1NC=CN1C(=N)n1ccnc1. The average Bonchev–Trinajstić information content (AvgIpc) is 2.72. The topological polar surface area (TPSA) is 56.9 Å². The number of nitrogens with one attached hydrogen (secondary N) is 2. The van der Waals surface area contributed by atoms with E-state index in [1.165, 1.54) is 0 Å². The predicted octanol–water partition coefficient (Wildman–Crippen LogP) is 0.388. The Labute approximate surface area is 76.2 Å². The third-order valence-electron chi connectivity index (χ3n) is 1.98. The Kier molecular flexibility index (Phi) is 1.77. The third-order valence-corrected chi connectivity index (χ3v) is 1.98. The quantitative estimate of drug-likeness (QED) is 0.445. The molecule has 0 aliphatic carbocycles. The van der Waals surface area contributed by atoms with E-state index in [9.17, 15) is 0 Å². The number of rotatable bonds is 0. The molecule has 5 nitrogen and oxygen atoms in total. The van der Waals surface area contributed by atoms with E-state index in [0.29, 0.717) is 5.96 Å². The van der Waals surface area contributed by atoms with Crippen molar-refractivity contribution >= 4 is 5.96 Å². The summed E-state index contributed by atoms with van der Waals surface area (Å²) in [7, 11) is 0. The highest BCUT2D eigenvalue weighted by atomic mass is 15.4. The van der Waals surface area contributed by atoms with Crippen LogP contribution in [-0.4, -0.2) is 26.6 Å². The van der Waals surface area contributed by atoms with Crippen molar-refractivity contribution in [2.45, 2.75) is 13.1 Å². The van der Waals surface area contributed by atoms with Crippen molar-refractivity contribution in [2.75, 3.05) is 0 Å². The second-order valence-electron chi connectivity index (χ2n) is 2.86. The predicted molar refractivity (Wildman–Crippen MR) is 48.9 cm³/mol. The Bertz CT molecular complexity index is 326. The molecule has 0 saturated heterocycles. The molecule has 0 aromatic carbocycles. The smallest absolute Gasteiger partial charge is 0.209 e. The average molecular weight is 177 g/mol. The van der Waals surface area contributed by atoms with Gasteiger partial charge in [0.2, 0.25) is 5.96 Å². The first-order valence-corrected chi connectivity index (χ1v) is 4.07.